The summed E-state index contributed by atoms with van der Waals surface area (Å²) >= 11 is 0. The molecule has 0 saturated carbocycles. The molecule has 3 atom stereocenters. The standard InChI is InChI=1S/C18H24N12O9/c1-10(31)37-13(4-22-25-19)7-28-16(34)29(8-14(5-23-26-20)38-11(2)32)18(36)30(17(28)35)9-15(6-24-27-21)39-12(3)33/h13-15H,4-9H2,1-3H3. The monoisotopic (exact) mass is 552 g/mol. The summed E-state index contributed by atoms with van der Waals surface area (Å²) in [6, 6.07) is 0. The molecular weight excluding hydrogens is 528 g/mol. The number of aromatic nitrogens is 3. The van der Waals surface area contributed by atoms with Crippen molar-refractivity contribution in [3.05, 3.63) is 62.8 Å². The fourth-order valence-corrected chi connectivity index (χ4v) is 3.25. The molecule has 3 unspecified atom stereocenters. The molecule has 21 nitrogen and oxygen atoms in total. The van der Waals surface area contributed by atoms with E-state index in [1.807, 2.05) is 0 Å². The summed E-state index contributed by atoms with van der Waals surface area (Å²) in [6.45, 7) is -0.403. The summed E-state index contributed by atoms with van der Waals surface area (Å²) in [5.41, 5.74) is 22.1. The van der Waals surface area contributed by atoms with Crippen LogP contribution in [0.25, 0.3) is 31.3 Å². The van der Waals surface area contributed by atoms with E-state index in [2.05, 4.69) is 30.1 Å². The molecule has 0 bridgehead atoms. The van der Waals surface area contributed by atoms with E-state index in [9.17, 15) is 28.8 Å². The molecule has 1 heterocycles. The third kappa shape index (κ3) is 10.3. The molecule has 1 rings (SSSR count). The highest BCUT2D eigenvalue weighted by Gasteiger charge is 2.25. The van der Waals surface area contributed by atoms with Gasteiger partial charge in [0, 0.05) is 35.5 Å². The largest absolute Gasteiger partial charge is 0.461 e. The molecule has 0 amide bonds. The number of carbonyl (C=O) groups excluding carboxylic acids is 3. The van der Waals surface area contributed by atoms with Crippen LogP contribution in [0.3, 0.4) is 0 Å². The van der Waals surface area contributed by atoms with Crippen LogP contribution in [0.2, 0.25) is 0 Å². The second-order valence-electron chi connectivity index (χ2n) is 7.61. The second-order valence-corrected chi connectivity index (χ2v) is 7.61. The average Bonchev–Trinajstić information content (AvgIpc) is 2.85. The van der Waals surface area contributed by atoms with Crippen molar-refractivity contribution in [1.82, 2.24) is 13.7 Å². The normalized spacial score (nSPS) is 12.4. The molecule has 0 aromatic carbocycles. The van der Waals surface area contributed by atoms with Crippen LogP contribution < -0.4 is 17.1 Å². The second kappa shape index (κ2) is 15.8. The molecule has 0 fully saturated rings. The SMILES string of the molecule is CC(=O)OC(CN=[N+]=[N-])Cn1c(=O)n(CC(CN=[N+]=[N-])OC(C)=O)c(=O)n(CC(CN=[N+]=[N-])OC(C)=O)c1=O. The van der Waals surface area contributed by atoms with E-state index in [0.29, 0.717) is 13.7 Å². The van der Waals surface area contributed by atoms with Crippen LogP contribution in [0, 0.1) is 0 Å². The fourth-order valence-electron chi connectivity index (χ4n) is 3.25. The molecule has 0 aliphatic rings. The minimum absolute atomic E-state index is 0.485. The third-order valence-electron chi connectivity index (χ3n) is 4.59. The minimum atomic E-state index is -1.32. The van der Waals surface area contributed by atoms with Crippen molar-refractivity contribution >= 4 is 17.9 Å². The van der Waals surface area contributed by atoms with Crippen LogP contribution in [0.15, 0.2) is 29.7 Å². The molecule has 21 heteroatoms. The van der Waals surface area contributed by atoms with Gasteiger partial charge in [-0.25, -0.2) is 28.1 Å². The summed E-state index contributed by atoms with van der Waals surface area (Å²) in [7, 11) is 0. The molecular formula is C18H24N12O9. The number of carbonyl (C=O) groups is 3. The van der Waals surface area contributed by atoms with Gasteiger partial charge in [0.05, 0.1) is 39.3 Å². The first-order valence-electron chi connectivity index (χ1n) is 10.9. The Labute approximate surface area is 217 Å². The van der Waals surface area contributed by atoms with Crippen LogP contribution in [0.4, 0.5) is 0 Å². The van der Waals surface area contributed by atoms with Gasteiger partial charge in [-0.3, -0.25) is 14.4 Å². The van der Waals surface area contributed by atoms with E-state index < -0.39 is 92.6 Å². The Morgan fingerprint density at radius 3 is 1.03 bits per heavy atom. The van der Waals surface area contributed by atoms with E-state index in [-0.39, 0.29) is 0 Å². The lowest BCUT2D eigenvalue weighted by Gasteiger charge is -2.22. The van der Waals surface area contributed by atoms with Crippen LogP contribution in [0.5, 0.6) is 0 Å². The zero-order valence-electron chi connectivity index (χ0n) is 21.0. The van der Waals surface area contributed by atoms with Crippen molar-refractivity contribution in [3.63, 3.8) is 0 Å². The Morgan fingerprint density at radius 2 is 0.846 bits per heavy atom. The van der Waals surface area contributed by atoms with Crippen molar-refractivity contribution in [2.24, 2.45) is 15.3 Å². The summed E-state index contributed by atoms with van der Waals surface area (Å²) in [5, 5.41) is 9.83. The summed E-state index contributed by atoms with van der Waals surface area (Å²) < 4.78 is 16.5. The van der Waals surface area contributed by atoms with Gasteiger partial charge in [0.15, 0.2) is 0 Å². The number of rotatable bonds is 15. The first kappa shape index (κ1) is 31.8. The van der Waals surface area contributed by atoms with Crippen LogP contribution in [-0.2, 0) is 48.2 Å². The number of azide groups is 3. The molecule has 0 aliphatic carbocycles. The van der Waals surface area contributed by atoms with Gasteiger partial charge in [0.25, 0.3) is 0 Å². The number of nitrogens with zero attached hydrogens (tertiary/aromatic N) is 12. The van der Waals surface area contributed by atoms with Gasteiger partial charge in [-0.1, -0.05) is 15.3 Å². The van der Waals surface area contributed by atoms with Gasteiger partial charge in [-0.15, -0.1) is 0 Å². The highest BCUT2D eigenvalue weighted by molar-refractivity contribution is 5.66. The van der Waals surface area contributed by atoms with Gasteiger partial charge in [-0.2, -0.15) is 0 Å². The topological polar surface area (TPSA) is 291 Å². The van der Waals surface area contributed by atoms with Crippen LogP contribution >= 0.6 is 0 Å². The molecule has 0 radical (unpaired) electrons. The maximum atomic E-state index is 13.3. The third-order valence-corrected chi connectivity index (χ3v) is 4.59. The van der Waals surface area contributed by atoms with Crippen molar-refractivity contribution in [1.29, 1.82) is 0 Å². The fraction of sp³-hybridized carbons (Fsp3) is 0.667. The number of hydrogen-bond donors (Lipinski definition) is 0. The lowest BCUT2D eigenvalue weighted by atomic mass is 10.3. The Bertz CT molecular complexity index is 1180. The molecule has 0 saturated heterocycles. The van der Waals surface area contributed by atoms with Gasteiger partial charge in [0.1, 0.15) is 18.3 Å². The van der Waals surface area contributed by atoms with E-state index in [0.717, 1.165) is 20.8 Å². The molecule has 0 aliphatic heterocycles. The lowest BCUT2D eigenvalue weighted by Crippen LogP contribution is -2.57. The first-order chi connectivity index (χ1) is 18.4. The van der Waals surface area contributed by atoms with Crippen molar-refractivity contribution in [3.8, 4) is 0 Å². The molecule has 1 aromatic rings. The number of hydrogen-bond acceptors (Lipinski definition) is 12. The summed E-state index contributed by atoms with van der Waals surface area (Å²) in [6.07, 6.45) is -3.95. The highest BCUT2D eigenvalue weighted by Crippen LogP contribution is 2.01. The molecule has 0 spiro atoms. The first-order valence-corrected chi connectivity index (χ1v) is 10.9. The lowest BCUT2D eigenvalue weighted by molar-refractivity contribution is -0.147. The smallest absolute Gasteiger partial charge is 0.336 e. The Morgan fingerprint density at radius 1 is 0.615 bits per heavy atom. The van der Waals surface area contributed by atoms with E-state index in [1.54, 1.807) is 0 Å². The maximum Gasteiger partial charge on any atom is 0.336 e. The quantitative estimate of drug-likeness (QED) is 0.0920. The summed E-state index contributed by atoms with van der Waals surface area (Å²) in [4.78, 5) is 81.9. The Hall–Kier alpha value is -5.25. The molecule has 0 N–H and O–H groups in total. The molecule has 39 heavy (non-hydrogen) atoms. The van der Waals surface area contributed by atoms with Gasteiger partial charge in [-0.05, 0) is 16.6 Å². The predicted molar refractivity (Wildman–Crippen MR) is 128 cm³/mol. The molecule has 1 aromatic heterocycles. The average molecular weight is 552 g/mol. The van der Waals surface area contributed by atoms with E-state index >= 15 is 0 Å². The Balaban J connectivity index is 3.84. The van der Waals surface area contributed by atoms with E-state index in [4.69, 9.17) is 30.8 Å². The van der Waals surface area contributed by atoms with E-state index in [1.165, 1.54) is 0 Å². The number of ether oxygens (including phenoxy) is 3. The van der Waals surface area contributed by atoms with Gasteiger partial charge < -0.3 is 14.2 Å². The summed E-state index contributed by atoms with van der Waals surface area (Å²) in [5.74, 6) is -2.49. The zero-order valence-corrected chi connectivity index (χ0v) is 21.0. The number of esters is 3. The van der Waals surface area contributed by atoms with Crippen LogP contribution in [0.1, 0.15) is 20.8 Å². The van der Waals surface area contributed by atoms with Gasteiger partial charge >= 0.3 is 35.0 Å². The predicted octanol–water partition coefficient (Wildman–Crippen LogP) is -0.102. The van der Waals surface area contributed by atoms with Crippen molar-refractivity contribution in [2.45, 2.75) is 58.7 Å². The zero-order chi connectivity index (χ0) is 29.5. The Kier molecular flexibility index (Phi) is 12.9. The van der Waals surface area contributed by atoms with Crippen molar-refractivity contribution in [2.75, 3.05) is 19.6 Å². The maximum absolute atomic E-state index is 13.3. The van der Waals surface area contributed by atoms with Crippen LogP contribution in [-0.4, -0.2) is 69.6 Å². The van der Waals surface area contributed by atoms with Gasteiger partial charge in [0.2, 0.25) is 0 Å². The molecule has 210 valence electrons. The highest BCUT2D eigenvalue weighted by atomic mass is 16.6. The minimum Gasteiger partial charge on any atom is -0.461 e. The van der Waals surface area contributed by atoms with Crippen molar-refractivity contribution < 1.29 is 28.6 Å².